The van der Waals surface area contributed by atoms with E-state index < -0.39 is 11.0 Å². The molecule has 1 N–H and O–H groups in total. The molecule has 0 amide bonds. The Kier molecular flexibility index (Phi) is 3.10. The van der Waals surface area contributed by atoms with E-state index in [1.807, 2.05) is 13.8 Å². The molecule has 1 aromatic heterocycles. The molecule has 0 spiro atoms. The van der Waals surface area contributed by atoms with Crippen LogP contribution in [0, 0.1) is 0 Å². The predicted molar refractivity (Wildman–Crippen MR) is 73.9 cm³/mol. The summed E-state index contributed by atoms with van der Waals surface area (Å²) < 4.78 is 10.4. The molecule has 0 bridgehead atoms. The number of fused-ring (bicyclic) bond motifs is 1. The lowest BCUT2D eigenvalue weighted by molar-refractivity contribution is 0.368. The van der Waals surface area contributed by atoms with Gasteiger partial charge in [-0.1, -0.05) is 19.9 Å². The van der Waals surface area contributed by atoms with Crippen LogP contribution >= 0.6 is 0 Å². The van der Waals surface area contributed by atoms with Crippen molar-refractivity contribution in [3.8, 4) is 11.5 Å². The van der Waals surface area contributed by atoms with E-state index in [2.05, 4.69) is 6.58 Å². The van der Waals surface area contributed by atoms with E-state index in [0.29, 0.717) is 10.9 Å². The molecule has 0 aliphatic rings. The molecular formula is C15H16O4. The Morgan fingerprint density at radius 1 is 1.42 bits per heavy atom. The van der Waals surface area contributed by atoms with Crippen LogP contribution in [0.15, 0.2) is 40.1 Å². The van der Waals surface area contributed by atoms with Gasteiger partial charge in [-0.05, 0) is 18.2 Å². The van der Waals surface area contributed by atoms with E-state index in [4.69, 9.17) is 9.15 Å². The highest BCUT2D eigenvalue weighted by Crippen LogP contribution is 2.35. The zero-order valence-corrected chi connectivity index (χ0v) is 11.2. The minimum Gasteiger partial charge on any atom is -0.504 e. The van der Waals surface area contributed by atoms with Crippen LogP contribution < -0.4 is 10.4 Å². The SMILES string of the molecule is C=CC(C)(C)c1cc2ccc(O)c(OC)c2oc1=O. The first kappa shape index (κ1) is 13.2. The monoisotopic (exact) mass is 260 g/mol. The second-order valence-corrected chi connectivity index (χ2v) is 4.91. The summed E-state index contributed by atoms with van der Waals surface area (Å²) in [5.74, 6) is 0.103. The second-order valence-electron chi connectivity index (χ2n) is 4.91. The van der Waals surface area contributed by atoms with Crippen molar-refractivity contribution in [1.82, 2.24) is 0 Å². The average molecular weight is 260 g/mol. The Morgan fingerprint density at radius 3 is 2.68 bits per heavy atom. The van der Waals surface area contributed by atoms with Crippen molar-refractivity contribution in [2.24, 2.45) is 0 Å². The van der Waals surface area contributed by atoms with Crippen molar-refractivity contribution >= 4 is 11.0 Å². The molecule has 0 saturated heterocycles. The van der Waals surface area contributed by atoms with Crippen LogP contribution in [0.2, 0.25) is 0 Å². The zero-order chi connectivity index (χ0) is 14.2. The molecule has 0 fully saturated rings. The highest BCUT2D eigenvalue weighted by Gasteiger charge is 2.23. The Hall–Kier alpha value is -2.23. The smallest absolute Gasteiger partial charge is 0.340 e. The largest absolute Gasteiger partial charge is 0.504 e. The first-order valence-corrected chi connectivity index (χ1v) is 5.88. The number of methoxy groups -OCH3 is 1. The van der Waals surface area contributed by atoms with Crippen LogP contribution in [-0.2, 0) is 5.41 Å². The van der Waals surface area contributed by atoms with Gasteiger partial charge in [0.15, 0.2) is 11.3 Å². The van der Waals surface area contributed by atoms with Gasteiger partial charge in [0.25, 0.3) is 0 Å². The van der Waals surface area contributed by atoms with Gasteiger partial charge >= 0.3 is 5.63 Å². The number of phenols is 1. The molecule has 0 atom stereocenters. The first-order chi connectivity index (χ1) is 8.90. The quantitative estimate of drug-likeness (QED) is 0.680. The molecule has 19 heavy (non-hydrogen) atoms. The lowest BCUT2D eigenvalue weighted by Gasteiger charge is -2.19. The van der Waals surface area contributed by atoms with Crippen LogP contribution in [0.25, 0.3) is 11.0 Å². The summed E-state index contributed by atoms with van der Waals surface area (Å²) in [7, 11) is 1.41. The number of hydrogen-bond donors (Lipinski definition) is 1. The summed E-state index contributed by atoms with van der Waals surface area (Å²) in [4.78, 5) is 12.1. The number of aromatic hydroxyl groups is 1. The van der Waals surface area contributed by atoms with Crippen LogP contribution in [0.5, 0.6) is 11.5 Å². The fourth-order valence-electron chi connectivity index (χ4n) is 1.90. The standard InChI is InChI=1S/C15H16O4/c1-5-15(2,3)10-8-9-6-7-11(16)13(18-4)12(9)19-14(10)17/h5-8,16H,1H2,2-4H3. The fourth-order valence-corrected chi connectivity index (χ4v) is 1.90. The normalized spacial score (nSPS) is 11.5. The number of hydrogen-bond acceptors (Lipinski definition) is 4. The van der Waals surface area contributed by atoms with E-state index in [9.17, 15) is 9.90 Å². The average Bonchev–Trinajstić information content (AvgIpc) is 2.38. The zero-order valence-electron chi connectivity index (χ0n) is 11.2. The van der Waals surface area contributed by atoms with Crippen molar-refractivity contribution in [3.05, 3.63) is 46.8 Å². The number of benzene rings is 1. The Balaban J connectivity index is 2.83. The fraction of sp³-hybridized carbons (Fsp3) is 0.267. The third-order valence-electron chi connectivity index (χ3n) is 3.24. The van der Waals surface area contributed by atoms with E-state index in [-0.39, 0.29) is 17.1 Å². The highest BCUT2D eigenvalue weighted by molar-refractivity contribution is 5.85. The molecule has 1 aromatic carbocycles. The van der Waals surface area contributed by atoms with Crippen molar-refractivity contribution < 1.29 is 14.3 Å². The molecule has 0 aliphatic heterocycles. The van der Waals surface area contributed by atoms with Crippen LogP contribution in [0.4, 0.5) is 0 Å². The summed E-state index contributed by atoms with van der Waals surface area (Å²) in [6.45, 7) is 7.50. The number of ether oxygens (including phenoxy) is 1. The van der Waals surface area contributed by atoms with Crippen molar-refractivity contribution in [2.45, 2.75) is 19.3 Å². The molecule has 0 aliphatic carbocycles. The van der Waals surface area contributed by atoms with Gasteiger partial charge in [0.05, 0.1) is 7.11 Å². The summed E-state index contributed by atoms with van der Waals surface area (Å²) in [6, 6.07) is 4.93. The topological polar surface area (TPSA) is 59.7 Å². The van der Waals surface area contributed by atoms with Gasteiger partial charge < -0.3 is 14.3 Å². The van der Waals surface area contributed by atoms with Gasteiger partial charge in [-0.3, -0.25) is 0 Å². The molecule has 2 rings (SSSR count). The van der Waals surface area contributed by atoms with E-state index in [1.165, 1.54) is 13.2 Å². The summed E-state index contributed by atoms with van der Waals surface area (Å²) in [6.07, 6.45) is 1.70. The number of phenolic OH excluding ortho intramolecular Hbond substituents is 1. The third-order valence-corrected chi connectivity index (χ3v) is 3.24. The second kappa shape index (κ2) is 4.46. The van der Waals surface area contributed by atoms with Gasteiger partial charge in [-0.15, -0.1) is 6.58 Å². The highest BCUT2D eigenvalue weighted by atomic mass is 16.5. The van der Waals surface area contributed by atoms with E-state index >= 15 is 0 Å². The molecule has 0 saturated carbocycles. The predicted octanol–water partition coefficient (Wildman–Crippen LogP) is 2.97. The van der Waals surface area contributed by atoms with Gasteiger partial charge in [-0.25, -0.2) is 4.79 Å². The molecule has 1 heterocycles. The maximum Gasteiger partial charge on any atom is 0.340 e. The first-order valence-electron chi connectivity index (χ1n) is 5.88. The summed E-state index contributed by atoms with van der Waals surface area (Å²) >= 11 is 0. The molecule has 0 unspecified atom stereocenters. The third kappa shape index (κ3) is 2.10. The minimum absolute atomic E-state index is 0.0612. The van der Waals surface area contributed by atoms with E-state index in [1.54, 1.807) is 18.2 Å². The molecule has 4 heteroatoms. The Bertz CT molecular complexity index is 695. The van der Waals surface area contributed by atoms with Crippen LogP contribution in [0.1, 0.15) is 19.4 Å². The van der Waals surface area contributed by atoms with Gasteiger partial charge in [0, 0.05) is 16.4 Å². The maximum absolute atomic E-state index is 12.1. The van der Waals surface area contributed by atoms with Gasteiger partial charge in [0.2, 0.25) is 5.75 Å². The van der Waals surface area contributed by atoms with Crippen LogP contribution in [0.3, 0.4) is 0 Å². The van der Waals surface area contributed by atoms with Crippen molar-refractivity contribution in [1.29, 1.82) is 0 Å². The number of allylic oxidation sites excluding steroid dienone is 1. The Morgan fingerprint density at radius 2 is 2.11 bits per heavy atom. The number of rotatable bonds is 3. The van der Waals surface area contributed by atoms with E-state index in [0.717, 1.165) is 0 Å². The van der Waals surface area contributed by atoms with Crippen molar-refractivity contribution in [2.75, 3.05) is 7.11 Å². The van der Waals surface area contributed by atoms with Gasteiger partial charge in [-0.2, -0.15) is 0 Å². The minimum atomic E-state index is -0.486. The summed E-state index contributed by atoms with van der Waals surface area (Å²) in [5, 5.41) is 10.4. The molecule has 0 radical (unpaired) electrons. The van der Waals surface area contributed by atoms with Crippen molar-refractivity contribution in [3.63, 3.8) is 0 Å². The maximum atomic E-state index is 12.1. The van der Waals surface area contributed by atoms with Gasteiger partial charge in [0.1, 0.15) is 0 Å². The lowest BCUT2D eigenvalue weighted by atomic mass is 9.85. The Labute approximate surface area is 110 Å². The molecule has 4 nitrogen and oxygen atoms in total. The summed E-state index contributed by atoms with van der Waals surface area (Å²) in [5.41, 5.74) is -0.181. The molecule has 100 valence electrons. The lowest BCUT2D eigenvalue weighted by Crippen LogP contribution is -2.22. The molecular weight excluding hydrogens is 244 g/mol. The van der Waals surface area contributed by atoms with Crippen LogP contribution in [-0.4, -0.2) is 12.2 Å². The molecule has 2 aromatic rings.